The lowest BCUT2D eigenvalue weighted by Crippen LogP contribution is -2.54. The van der Waals surface area contributed by atoms with Crippen LogP contribution in [0, 0.1) is 5.41 Å². The van der Waals surface area contributed by atoms with E-state index in [1.807, 2.05) is 0 Å². The molecule has 0 aromatic heterocycles. The summed E-state index contributed by atoms with van der Waals surface area (Å²) in [5.74, 6) is -2.50. The molecular weight excluding hydrogens is 266 g/mol. The van der Waals surface area contributed by atoms with Crippen molar-refractivity contribution in [3.05, 3.63) is 0 Å². The molecule has 0 radical (unpaired) electrons. The van der Waals surface area contributed by atoms with Gasteiger partial charge >= 0.3 is 0 Å². The normalized spacial score (nSPS) is 12.0. The fourth-order valence-electron chi connectivity index (χ4n) is 2.00. The Bertz CT molecular complexity index is 401. The van der Waals surface area contributed by atoms with E-state index in [1.54, 1.807) is 13.8 Å². The van der Waals surface area contributed by atoms with Gasteiger partial charge in [0.1, 0.15) is 5.41 Å². The van der Waals surface area contributed by atoms with Gasteiger partial charge in [0.05, 0.1) is 13.1 Å². The van der Waals surface area contributed by atoms with Crippen molar-refractivity contribution in [1.82, 2.24) is 4.90 Å². The van der Waals surface area contributed by atoms with Crippen LogP contribution in [0.3, 0.4) is 0 Å². The Hall–Kier alpha value is -2.32. The molecule has 0 aliphatic carbocycles. The van der Waals surface area contributed by atoms with Gasteiger partial charge in [0.25, 0.3) is 0 Å². The zero-order valence-electron chi connectivity index (χ0n) is 11.6. The number of carbonyl (C=O) groups is 3. The highest BCUT2D eigenvalue weighted by Gasteiger charge is 2.43. The number of oxime groups is 1. The van der Waals surface area contributed by atoms with Crippen molar-refractivity contribution in [1.29, 1.82) is 0 Å². The third-order valence-electron chi connectivity index (χ3n) is 3.20. The van der Waals surface area contributed by atoms with Crippen LogP contribution in [0.5, 0.6) is 0 Å². The van der Waals surface area contributed by atoms with Crippen LogP contribution in [-0.2, 0) is 14.4 Å². The Kier molecular flexibility index (Phi) is 6.47. The van der Waals surface area contributed by atoms with E-state index < -0.39 is 36.2 Å². The molecule has 0 atom stereocenters. The summed E-state index contributed by atoms with van der Waals surface area (Å²) in [6.45, 7) is 2.41. The fourth-order valence-corrected chi connectivity index (χ4v) is 2.00. The number of nitrogens with two attached hydrogens (primary N) is 3. The highest BCUT2D eigenvalue weighted by molar-refractivity contribution is 6.08. The van der Waals surface area contributed by atoms with Crippen molar-refractivity contribution in [2.45, 2.75) is 26.7 Å². The summed E-state index contributed by atoms with van der Waals surface area (Å²) in [6.07, 6.45) is 0.457. The predicted octanol–water partition coefficient (Wildman–Crippen LogP) is -1.66. The number of amidine groups is 1. The van der Waals surface area contributed by atoms with E-state index in [9.17, 15) is 14.4 Å². The van der Waals surface area contributed by atoms with Crippen LogP contribution in [0.25, 0.3) is 0 Å². The Balaban J connectivity index is 5.57. The minimum Gasteiger partial charge on any atom is -0.409 e. The molecule has 0 heterocycles. The van der Waals surface area contributed by atoms with Gasteiger partial charge < -0.3 is 27.3 Å². The third-order valence-corrected chi connectivity index (χ3v) is 3.20. The van der Waals surface area contributed by atoms with Crippen LogP contribution in [0.15, 0.2) is 5.16 Å². The van der Waals surface area contributed by atoms with Crippen LogP contribution in [0.2, 0.25) is 0 Å². The Morgan fingerprint density at radius 1 is 1.05 bits per heavy atom. The van der Waals surface area contributed by atoms with Crippen molar-refractivity contribution >= 4 is 23.6 Å². The molecule has 7 N–H and O–H groups in total. The highest BCUT2D eigenvalue weighted by atomic mass is 16.4. The lowest BCUT2D eigenvalue weighted by Gasteiger charge is -2.33. The molecule has 0 aliphatic rings. The van der Waals surface area contributed by atoms with E-state index in [0.717, 1.165) is 4.90 Å². The highest BCUT2D eigenvalue weighted by Crippen LogP contribution is 2.29. The lowest BCUT2D eigenvalue weighted by atomic mass is 9.79. The van der Waals surface area contributed by atoms with Crippen molar-refractivity contribution in [3.63, 3.8) is 0 Å². The first-order valence-corrected chi connectivity index (χ1v) is 6.09. The van der Waals surface area contributed by atoms with E-state index in [2.05, 4.69) is 5.16 Å². The van der Waals surface area contributed by atoms with Gasteiger partial charge in [0, 0.05) is 0 Å². The molecule has 0 saturated heterocycles. The number of hydrogen-bond acceptors (Lipinski definition) is 5. The lowest BCUT2D eigenvalue weighted by molar-refractivity contribution is -0.144. The Morgan fingerprint density at radius 2 is 1.45 bits per heavy atom. The molecular formula is C11H21N5O4. The molecule has 0 rings (SSSR count). The number of rotatable bonds is 8. The predicted molar refractivity (Wildman–Crippen MR) is 71.4 cm³/mol. The molecule has 0 saturated carbocycles. The van der Waals surface area contributed by atoms with Crippen molar-refractivity contribution in [2.24, 2.45) is 27.8 Å². The third kappa shape index (κ3) is 3.84. The van der Waals surface area contributed by atoms with Crippen LogP contribution in [-0.4, -0.2) is 46.8 Å². The SMILES string of the molecule is CCC(CC)(C(=O)N(CC(N)=O)CC(N)=O)C(N)=NO. The number of amides is 3. The molecule has 9 nitrogen and oxygen atoms in total. The second kappa shape index (κ2) is 7.31. The molecule has 0 aromatic carbocycles. The molecule has 3 amide bonds. The van der Waals surface area contributed by atoms with Gasteiger partial charge in [-0.1, -0.05) is 19.0 Å². The minimum absolute atomic E-state index is 0.228. The minimum atomic E-state index is -1.31. The molecule has 0 aromatic rings. The quantitative estimate of drug-likeness (QED) is 0.181. The van der Waals surface area contributed by atoms with Gasteiger partial charge in [0.15, 0.2) is 5.84 Å². The van der Waals surface area contributed by atoms with Gasteiger partial charge in [-0.3, -0.25) is 14.4 Å². The molecule has 9 heteroatoms. The second-order valence-electron chi connectivity index (χ2n) is 4.37. The number of primary amides is 2. The monoisotopic (exact) mass is 287 g/mol. The second-order valence-corrected chi connectivity index (χ2v) is 4.37. The molecule has 0 fully saturated rings. The fraction of sp³-hybridized carbons (Fsp3) is 0.636. The van der Waals surface area contributed by atoms with Gasteiger partial charge in [0.2, 0.25) is 17.7 Å². The summed E-state index contributed by atoms with van der Waals surface area (Å²) in [6, 6.07) is 0. The molecule has 20 heavy (non-hydrogen) atoms. The maximum absolute atomic E-state index is 12.5. The summed E-state index contributed by atoms with van der Waals surface area (Å²) in [7, 11) is 0. The van der Waals surface area contributed by atoms with Crippen LogP contribution >= 0.6 is 0 Å². The Labute approximate surface area is 116 Å². The number of nitrogens with zero attached hydrogens (tertiary/aromatic N) is 2. The van der Waals surface area contributed by atoms with Gasteiger partial charge in [-0.15, -0.1) is 0 Å². The summed E-state index contributed by atoms with van der Waals surface area (Å²) in [5.41, 5.74) is 14.4. The van der Waals surface area contributed by atoms with E-state index in [4.69, 9.17) is 22.4 Å². The molecule has 0 aliphatic heterocycles. The number of hydrogen-bond donors (Lipinski definition) is 4. The summed E-state index contributed by atoms with van der Waals surface area (Å²) < 4.78 is 0. The average molecular weight is 287 g/mol. The standard InChI is InChI=1S/C11H21N5O4/c1-3-11(4-2,9(14)15-20)10(19)16(5-7(12)17)6-8(13)18/h20H,3-6H2,1-2H3,(H2,12,17)(H2,13,18)(H2,14,15). The zero-order chi connectivity index (χ0) is 15.9. The zero-order valence-corrected chi connectivity index (χ0v) is 11.6. The van der Waals surface area contributed by atoms with E-state index in [-0.39, 0.29) is 18.7 Å². The van der Waals surface area contributed by atoms with Crippen molar-refractivity contribution in [3.8, 4) is 0 Å². The summed E-state index contributed by atoms with van der Waals surface area (Å²) in [4.78, 5) is 35.5. The van der Waals surface area contributed by atoms with Crippen molar-refractivity contribution in [2.75, 3.05) is 13.1 Å². The van der Waals surface area contributed by atoms with Gasteiger partial charge in [-0.2, -0.15) is 0 Å². The topological polar surface area (TPSA) is 165 Å². The average Bonchev–Trinajstić information content (AvgIpc) is 2.38. The summed E-state index contributed by atoms with van der Waals surface area (Å²) >= 11 is 0. The molecule has 114 valence electrons. The first kappa shape index (κ1) is 17.7. The van der Waals surface area contributed by atoms with Crippen molar-refractivity contribution < 1.29 is 19.6 Å². The molecule has 0 unspecified atom stereocenters. The van der Waals surface area contributed by atoms with Gasteiger partial charge in [-0.25, -0.2) is 0 Å². The van der Waals surface area contributed by atoms with Crippen LogP contribution in [0.4, 0.5) is 0 Å². The van der Waals surface area contributed by atoms with E-state index >= 15 is 0 Å². The first-order chi connectivity index (χ1) is 9.24. The molecule has 0 bridgehead atoms. The van der Waals surface area contributed by atoms with Gasteiger partial charge in [-0.05, 0) is 12.8 Å². The first-order valence-electron chi connectivity index (χ1n) is 6.09. The smallest absolute Gasteiger partial charge is 0.237 e. The largest absolute Gasteiger partial charge is 0.409 e. The molecule has 0 spiro atoms. The maximum Gasteiger partial charge on any atom is 0.237 e. The summed E-state index contributed by atoms with van der Waals surface area (Å²) in [5, 5.41) is 11.7. The Morgan fingerprint density at radius 3 is 1.70 bits per heavy atom. The number of carbonyl (C=O) groups excluding carboxylic acids is 3. The maximum atomic E-state index is 12.5. The van der Waals surface area contributed by atoms with Crippen LogP contribution < -0.4 is 17.2 Å². The van der Waals surface area contributed by atoms with Crippen LogP contribution in [0.1, 0.15) is 26.7 Å². The van der Waals surface area contributed by atoms with E-state index in [0.29, 0.717) is 0 Å². The van der Waals surface area contributed by atoms with E-state index in [1.165, 1.54) is 0 Å².